The maximum absolute atomic E-state index is 6.02. The molecule has 0 aromatic rings. The first-order valence-corrected chi connectivity index (χ1v) is 6.92. The average Bonchev–Trinajstić information content (AvgIpc) is 2.86. The van der Waals surface area contributed by atoms with Gasteiger partial charge in [-0.25, -0.2) is 0 Å². The first-order chi connectivity index (χ1) is 7.24. The van der Waals surface area contributed by atoms with Gasteiger partial charge < -0.3 is 15.2 Å². The van der Waals surface area contributed by atoms with Crippen LogP contribution in [0.4, 0.5) is 0 Å². The monoisotopic (exact) mass is 231 g/mol. The number of hydrogen-bond donors (Lipinski definition) is 1. The summed E-state index contributed by atoms with van der Waals surface area (Å²) in [6.45, 7) is 3.67. The molecule has 4 heteroatoms. The third-order valence-electron chi connectivity index (χ3n) is 3.18. The molecule has 2 unspecified atom stereocenters. The van der Waals surface area contributed by atoms with Gasteiger partial charge in [-0.2, -0.15) is 11.8 Å². The number of ether oxygens (including phenoxy) is 2. The van der Waals surface area contributed by atoms with E-state index in [-0.39, 0.29) is 11.9 Å². The van der Waals surface area contributed by atoms with Crippen molar-refractivity contribution in [2.24, 2.45) is 5.73 Å². The third-order valence-corrected chi connectivity index (χ3v) is 4.50. The van der Waals surface area contributed by atoms with E-state index in [1.165, 1.54) is 12.8 Å². The van der Waals surface area contributed by atoms with Crippen LogP contribution in [0.5, 0.6) is 0 Å². The fourth-order valence-corrected chi connectivity index (χ4v) is 3.06. The van der Waals surface area contributed by atoms with Crippen molar-refractivity contribution in [1.82, 2.24) is 0 Å². The van der Waals surface area contributed by atoms with Crippen molar-refractivity contribution < 1.29 is 9.47 Å². The van der Waals surface area contributed by atoms with Crippen LogP contribution in [-0.2, 0) is 9.47 Å². The van der Waals surface area contributed by atoms with Gasteiger partial charge in [0.25, 0.3) is 0 Å². The summed E-state index contributed by atoms with van der Waals surface area (Å²) < 4.78 is 11.8. The Morgan fingerprint density at radius 2 is 2.20 bits per heavy atom. The fourth-order valence-electron chi connectivity index (χ4n) is 2.21. The highest BCUT2D eigenvalue weighted by molar-refractivity contribution is 7.99. The zero-order chi connectivity index (χ0) is 10.7. The molecule has 1 aliphatic carbocycles. The molecular formula is C11H21NO2S. The molecule has 1 heterocycles. The maximum Gasteiger partial charge on any atom is 0.168 e. The number of thioether (sulfide) groups is 1. The molecule has 2 N–H and O–H groups in total. The van der Waals surface area contributed by atoms with Crippen LogP contribution in [0.15, 0.2) is 0 Å². The van der Waals surface area contributed by atoms with E-state index in [9.17, 15) is 0 Å². The molecule has 88 valence electrons. The summed E-state index contributed by atoms with van der Waals surface area (Å²) in [5.41, 5.74) is 5.58. The van der Waals surface area contributed by atoms with Crippen LogP contribution in [0.25, 0.3) is 0 Å². The highest BCUT2D eigenvalue weighted by Gasteiger charge is 2.43. The highest BCUT2D eigenvalue weighted by atomic mass is 32.2. The number of rotatable bonds is 4. The molecule has 1 saturated carbocycles. The van der Waals surface area contributed by atoms with E-state index in [2.05, 4.69) is 6.92 Å². The second kappa shape index (κ2) is 5.04. The van der Waals surface area contributed by atoms with E-state index in [0.29, 0.717) is 5.25 Å². The molecule has 2 fully saturated rings. The van der Waals surface area contributed by atoms with E-state index < -0.39 is 0 Å². The molecule has 0 bridgehead atoms. The summed E-state index contributed by atoms with van der Waals surface area (Å²) in [6, 6.07) is 0. The third kappa shape index (κ3) is 2.87. The van der Waals surface area contributed by atoms with Gasteiger partial charge in [-0.3, -0.25) is 0 Å². The van der Waals surface area contributed by atoms with E-state index in [1.54, 1.807) is 0 Å². The second-order valence-corrected chi connectivity index (χ2v) is 6.02. The Morgan fingerprint density at radius 3 is 2.87 bits per heavy atom. The summed E-state index contributed by atoms with van der Waals surface area (Å²) in [5.74, 6) is 0.817. The van der Waals surface area contributed by atoms with Gasteiger partial charge in [0.15, 0.2) is 5.79 Å². The lowest BCUT2D eigenvalue weighted by molar-refractivity contribution is -0.159. The van der Waals surface area contributed by atoms with Crippen molar-refractivity contribution >= 4 is 11.8 Å². The van der Waals surface area contributed by atoms with Crippen molar-refractivity contribution in [1.29, 1.82) is 0 Å². The second-order valence-electron chi connectivity index (χ2n) is 4.55. The summed E-state index contributed by atoms with van der Waals surface area (Å²) >= 11 is 1.89. The Balaban J connectivity index is 1.73. The molecular weight excluding hydrogens is 210 g/mol. The zero-order valence-corrected chi connectivity index (χ0v) is 10.2. The van der Waals surface area contributed by atoms with Crippen molar-refractivity contribution in [2.75, 3.05) is 18.9 Å². The molecule has 15 heavy (non-hydrogen) atoms. The predicted molar refractivity (Wildman–Crippen MR) is 63.0 cm³/mol. The molecule has 0 aromatic carbocycles. The summed E-state index contributed by atoms with van der Waals surface area (Å²) in [5, 5.41) is 0.522. The van der Waals surface area contributed by atoms with Gasteiger partial charge in [-0.15, -0.1) is 0 Å². The van der Waals surface area contributed by atoms with Crippen molar-refractivity contribution in [3.8, 4) is 0 Å². The first kappa shape index (κ1) is 11.7. The molecule has 1 aliphatic heterocycles. The van der Waals surface area contributed by atoms with Crippen molar-refractivity contribution in [3.05, 3.63) is 0 Å². The van der Waals surface area contributed by atoms with Crippen LogP contribution in [0.2, 0.25) is 0 Å². The maximum atomic E-state index is 6.02. The summed E-state index contributed by atoms with van der Waals surface area (Å²) in [4.78, 5) is 0. The molecule has 0 aromatic heterocycles. The molecule has 0 radical (unpaired) electrons. The average molecular weight is 231 g/mol. The molecule has 2 aliphatic rings. The molecule has 2 atom stereocenters. The Morgan fingerprint density at radius 1 is 1.47 bits per heavy atom. The smallest absolute Gasteiger partial charge is 0.168 e. The molecule has 3 nitrogen and oxygen atoms in total. The van der Waals surface area contributed by atoms with Crippen LogP contribution in [0.1, 0.15) is 32.6 Å². The van der Waals surface area contributed by atoms with Gasteiger partial charge >= 0.3 is 0 Å². The van der Waals surface area contributed by atoms with Gasteiger partial charge in [0.2, 0.25) is 0 Å². The summed E-state index contributed by atoms with van der Waals surface area (Å²) in [7, 11) is 0. The lowest BCUT2D eigenvalue weighted by atomic mass is 10.2. The van der Waals surface area contributed by atoms with Crippen LogP contribution in [0, 0.1) is 0 Å². The van der Waals surface area contributed by atoms with Gasteiger partial charge in [0.05, 0.1) is 12.7 Å². The topological polar surface area (TPSA) is 44.5 Å². The lowest BCUT2D eigenvalue weighted by Gasteiger charge is -2.22. The van der Waals surface area contributed by atoms with E-state index in [1.807, 2.05) is 11.8 Å². The van der Waals surface area contributed by atoms with Crippen LogP contribution < -0.4 is 5.73 Å². The van der Waals surface area contributed by atoms with Gasteiger partial charge in [0.1, 0.15) is 0 Å². The van der Waals surface area contributed by atoms with E-state index in [4.69, 9.17) is 15.2 Å². The Labute approximate surface area is 96.1 Å². The molecule has 1 saturated heterocycles. The number of nitrogens with two attached hydrogens (primary N) is 1. The normalized spacial score (nSPS) is 31.2. The summed E-state index contributed by atoms with van der Waals surface area (Å²) in [6.07, 6.45) is 4.95. The van der Waals surface area contributed by atoms with Crippen molar-refractivity contribution in [2.45, 2.75) is 49.7 Å². The first-order valence-electron chi connectivity index (χ1n) is 5.87. The number of hydrogen-bond acceptors (Lipinski definition) is 4. The SMILES string of the molecule is CC(CN)SCC1COC2(CCCC2)O1. The largest absolute Gasteiger partial charge is 0.347 e. The minimum absolute atomic E-state index is 0.197. The van der Waals surface area contributed by atoms with Gasteiger partial charge in [-0.1, -0.05) is 6.92 Å². The van der Waals surface area contributed by atoms with Gasteiger partial charge in [0, 0.05) is 30.4 Å². The van der Waals surface area contributed by atoms with E-state index in [0.717, 1.165) is 31.7 Å². The molecule has 2 rings (SSSR count). The Hall–Kier alpha value is 0.230. The predicted octanol–water partition coefficient (Wildman–Crippen LogP) is 1.75. The van der Waals surface area contributed by atoms with Gasteiger partial charge in [-0.05, 0) is 12.8 Å². The quantitative estimate of drug-likeness (QED) is 0.800. The lowest BCUT2D eigenvalue weighted by Crippen LogP contribution is -2.27. The highest BCUT2D eigenvalue weighted by Crippen LogP contribution is 2.39. The van der Waals surface area contributed by atoms with Crippen LogP contribution in [-0.4, -0.2) is 36.0 Å². The standard InChI is InChI=1S/C11H21NO2S/c1-9(6-12)15-8-10-7-13-11(14-10)4-2-3-5-11/h9-10H,2-8,12H2,1H3. The molecule has 1 spiro atoms. The minimum Gasteiger partial charge on any atom is -0.347 e. The van der Waals surface area contributed by atoms with Crippen LogP contribution >= 0.6 is 11.8 Å². The molecule has 0 amide bonds. The van der Waals surface area contributed by atoms with Crippen molar-refractivity contribution in [3.63, 3.8) is 0 Å². The van der Waals surface area contributed by atoms with E-state index >= 15 is 0 Å². The zero-order valence-electron chi connectivity index (χ0n) is 9.41. The van der Waals surface area contributed by atoms with Crippen LogP contribution in [0.3, 0.4) is 0 Å². The Kier molecular flexibility index (Phi) is 3.93. The Bertz CT molecular complexity index is 207. The fraction of sp³-hybridized carbons (Fsp3) is 1.00. The minimum atomic E-state index is -0.197.